The molecule has 1 N–H and O–H groups in total. The smallest absolute Gasteiger partial charge is 0.237 e. The molecule has 5 atom stereocenters. The number of allylic oxidation sites excluding steroid dienone is 1. The second kappa shape index (κ2) is 49.5. The van der Waals surface area contributed by atoms with Gasteiger partial charge in [-0.25, -0.2) is 68.8 Å². The first kappa shape index (κ1) is 108. The molecule has 5 aromatic heterocycles. The quantitative estimate of drug-likeness (QED) is 0.0228. The van der Waals surface area contributed by atoms with E-state index in [9.17, 15) is 67.9 Å². The minimum absolute atomic E-state index is 0.190. The lowest BCUT2D eigenvalue weighted by Gasteiger charge is -2.17. The summed E-state index contributed by atoms with van der Waals surface area (Å²) in [4.78, 5) is 83.1. The summed E-state index contributed by atoms with van der Waals surface area (Å²) in [7, 11) is 0. The molecule has 0 fully saturated rings. The van der Waals surface area contributed by atoms with Gasteiger partial charge in [0.1, 0.15) is 89.0 Å². The van der Waals surface area contributed by atoms with Gasteiger partial charge in [-0.3, -0.25) is 24.0 Å². The zero-order valence-corrected chi connectivity index (χ0v) is 84.4. The fourth-order valence-corrected chi connectivity index (χ4v) is 17.3. The molecule has 0 aliphatic carbocycles. The number of hydrogen-bond donors (Lipinski definition) is 1. The highest BCUT2D eigenvalue weighted by atomic mass is 79.9. The molecule has 720 valence electrons. The molecule has 0 radical (unpaired) electrons. The molecule has 0 saturated carbocycles. The molecule has 9 aromatic carbocycles. The summed E-state index contributed by atoms with van der Waals surface area (Å²) >= 11 is 36.3. The average Bonchev–Trinajstić information content (AvgIpc) is 1.62. The van der Waals surface area contributed by atoms with Crippen LogP contribution >= 0.6 is 117 Å². The number of carbonyl (C=O) groups excluding carboxylic acids is 5. The summed E-state index contributed by atoms with van der Waals surface area (Å²) in [5, 5.41) is 2.97. The number of ether oxygens (including phenoxy) is 6. The van der Waals surface area contributed by atoms with Crippen LogP contribution in [0.1, 0.15) is 237 Å². The van der Waals surface area contributed by atoms with E-state index in [1.54, 1.807) is 68.5 Å². The number of Topliss-reactive ketones (excluding diaryl/α,β-unsaturated/α-hetero) is 5. The molecule has 0 spiro atoms. The molecule has 14 aromatic rings. The number of carbonyl (C=O) groups is 5. The molecule has 0 aliphatic heterocycles. The monoisotopic (exact) mass is 2200 g/mol. The Morgan fingerprint density at radius 1 is 0.445 bits per heavy atom. The molecule has 137 heavy (non-hydrogen) atoms. The third kappa shape index (κ3) is 27.1. The van der Waals surface area contributed by atoms with Crippen LogP contribution in [0.3, 0.4) is 0 Å². The molecule has 0 saturated heterocycles. The molecule has 0 amide bonds. The number of aromatic amines is 1. The van der Waals surface area contributed by atoms with Gasteiger partial charge in [0.05, 0.1) is 54.8 Å². The molecule has 0 bridgehead atoms. The Bertz CT molecular complexity index is 6710. The zero-order chi connectivity index (χ0) is 100. The fraction of sp³-hybridized carbons (Fsp3) is 0.253. The predicted octanol–water partition coefficient (Wildman–Crippen LogP) is 31.8. The standard InChI is InChI=1S/C23H21ClF2N2O2.C23H22ClF2NO3.C21H17BrClF2NO3.C19H16BrF2NO3S.C13H9BrClF2NO2S/c1-4-6-17-22(14-7-9-15(24)10-8-14)28-23(27-17)18(5-2)30-19-12-11-16(25)20(13(3)29)21(19)26;1-4-6-19-22(14-7-9-15(24)10-8-14)27-23(30-19)17(5-2)29-18-12-11-16(25)20(13(3)28)21(18)26;1-3-4-16(28-15-10-9-14(24)17(11(2)27)18(15)25)21-26-19(20(22)29-21)12-5-7-13(23)8-6-12;1-4-25-15-8-13-16(7-11(15)20)27-19(23-13)10(3)26-14-6-5-12(21)17(9(2)24)18(14)22;1-5(19)9-7(16)3-4-8(10(9)17)20-6(2)13-18-11(14)12(15)21-13/h4,7-12,18H,1,5-6H2,2-3H3,(H,27,28);7-12,17H,4-6H2,1-3H3;5-10,16H,3-4H2,1-2H3;5-8,10H,4H2,1-3H3;3-4,6H,1-2H3. The highest BCUT2D eigenvalue weighted by Crippen LogP contribution is 2.43. The molecule has 14 rings (SSSR count). The van der Waals surface area contributed by atoms with Crippen LogP contribution in [-0.2, 0) is 12.8 Å². The van der Waals surface area contributed by atoms with E-state index >= 15 is 0 Å². The number of imidazole rings is 1. The number of halogens is 17. The maximum atomic E-state index is 14.7. The number of ketones is 5. The van der Waals surface area contributed by atoms with Crippen LogP contribution in [0.5, 0.6) is 34.5 Å². The van der Waals surface area contributed by atoms with Gasteiger partial charge in [0, 0.05) is 56.4 Å². The number of aromatic nitrogens is 6. The Labute approximate surface area is 834 Å². The van der Waals surface area contributed by atoms with E-state index < -0.39 is 145 Å². The van der Waals surface area contributed by atoms with Crippen LogP contribution in [0.15, 0.2) is 181 Å². The lowest BCUT2D eigenvalue weighted by atomic mass is 10.1. The average molecular weight is 2200 g/mol. The number of rotatable bonds is 33. The molecule has 19 nitrogen and oxygen atoms in total. The Balaban J connectivity index is 0.000000178. The first-order valence-electron chi connectivity index (χ1n) is 42.1. The largest absolute Gasteiger partial charge is 0.493 e. The van der Waals surface area contributed by atoms with Crippen LogP contribution in [0.4, 0.5) is 43.9 Å². The van der Waals surface area contributed by atoms with Gasteiger partial charge in [0.25, 0.3) is 0 Å². The SMILES string of the molecule is C=CCc1[nH]c(C(CC)Oc2ccc(F)c(C(C)=O)c2F)nc1-c1ccc(Cl)cc1.CC(=O)c1c(F)ccc(OC(C)c2nc(Br)c(Cl)s2)c1F.CCCC(Oc1ccc(F)c(C(C)=O)c1F)c1nc(-c2ccc(Cl)cc2)c(Br)o1.CCCc1oc(C(CC)Oc2ccc(F)c(C(C)=O)c2F)nc1-c1ccc(Cl)cc1.CCOc1cc2nc(C(C)Oc3ccc(F)c(C(C)=O)c3F)sc2cc1Br. The normalized spacial score (nSPS) is 12.1. The minimum Gasteiger partial charge on any atom is -0.493 e. The van der Waals surface area contributed by atoms with E-state index in [0.29, 0.717) is 124 Å². The molecule has 0 aliphatic rings. The van der Waals surface area contributed by atoms with Crippen LogP contribution < -0.4 is 28.4 Å². The van der Waals surface area contributed by atoms with Gasteiger partial charge in [0.15, 0.2) is 110 Å². The Morgan fingerprint density at radius 3 is 1.20 bits per heavy atom. The second-order valence-electron chi connectivity index (χ2n) is 30.0. The minimum atomic E-state index is -1.04. The van der Waals surface area contributed by atoms with Crippen molar-refractivity contribution in [3.05, 3.63) is 316 Å². The van der Waals surface area contributed by atoms with Gasteiger partial charge in [-0.15, -0.1) is 29.3 Å². The van der Waals surface area contributed by atoms with E-state index in [1.807, 2.05) is 71.0 Å². The van der Waals surface area contributed by atoms with Gasteiger partial charge >= 0.3 is 0 Å². The first-order valence-corrected chi connectivity index (χ1v) is 47.6. The van der Waals surface area contributed by atoms with Crippen molar-refractivity contribution in [2.24, 2.45) is 0 Å². The van der Waals surface area contributed by atoms with Crippen molar-refractivity contribution in [3.63, 3.8) is 0 Å². The summed E-state index contributed by atoms with van der Waals surface area (Å²) < 4.78 is 190. The van der Waals surface area contributed by atoms with E-state index in [1.165, 1.54) is 34.8 Å². The summed E-state index contributed by atoms with van der Waals surface area (Å²) in [6, 6.07) is 36.1. The van der Waals surface area contributed by atoms with Gasteiger partial charge in [-0.1, -0.05) is 123 Å². The summed E-state index contributed by atoms with van der Waals surface area (Å²) in [5.41, 5.74) is 2.90. The number of H-pyrrole nitrogens is 1. The number of fused-ring (bicyclic) bond motifs is 1. The Kier molecular flexibility index (Phi) is 39.0. The van der Waals surface area contributed by atoms with Crippen LogP contribution in [0.2, 0.25) is 19.4 Å². The van der Waals surface area contributed by atoms with Crippen molar-refractivity contribution >= 4 is 156 Å². The van der Waals surface area contributed by atoms with Crippen molar-refractivity contribution in [3.8, 4) is 68.3 Å². The Hall–Kier alpha value is -11.1. The molecular weight excluding hydrogens is 2120 g/mol. The number of oxazole rings is 2. The topological polar surface area (TPSA) is 247 Å². The zero-order valence-electron chi connectivity index (χ0n) is 75.0. The third-order valence-electron chi connectivity index (χ3n) is 19.9. The third-order valence-corrected chi connectivity index (χ3v) is 25.5. The van der Waals surface area contributed by atoms with Gasteiger partial charge < -0.3 is 42.2 Å². The second-order valence-corrected chi connectivity index (χ2v) is 36.3. The molecule has 5 unspecified atom stereocenters. The van der Waals surface area contributed by atoms with Crippen molar-refractivity contribution in [1.29, 1.82) is 0 Å². The molecular formula is C99H85Br3Cl4F10N6O13S2. The lowest BCUT2D eigenvalue weighted by molar-refractivity contribution is 0.0993. The highest BCUT2D eigenvalue weighted by molar-refractivity contribution is 9.11. The van der Waals surface area contributed by atoms with Gasteiger partial charge in [0.2, 0.25) is 11.8 Å². The number of aryl methyl sites for hydroxylation is 1. The van der Waals surface area contributed by atoms with Crippen LogP contribution in [0.25, 0.3) is 44.0 Å². The fourth-order valence-electron chi connectivity index (χ4n) is 13.4. The summed E-state index contributed by atoms with van der Waals surface area (Å²) in [6.07, 6.45) is 2.62. The number of hydrogen-bond acceptors (Lipinski definition) is 20. The maximum Gasteiger partial charge on any atom is 0.237 e. The lowest BCUT2D eigenvalue weighted by Crippen LogP contribution is -2.11. The van der Waals surface area contributed by atoms with Crippen molar-refractivity contribution in [2.45, 2.75) is 159 Å². The number of benzene rings is 9. The van der Waals surface area contributed by atoms with Gasteiger partial charge in [-0.2, -0.15) is 0 Å². The first-order chi connectivity index (χ1) is 65.1. The van der Waals surface area contributed by atoms with Crippen molar-refractivity contribution in [1.82, 2.24) is 29.9 Å². The number of nitrogens with zero attached hydrogens (tertiary/aromatic N) is 5. The summed E-state index contributed by atoms with van der Waals surface area (Å²) in [6.45, 7) is 22.7. The Morgan fingerprint density at radius 2 is 0.825 bits per heavy atom. The predicted molar refractivity (Wildman–Crippen MR) is 517 cm³/mol. The molecule has 38 heteroatoms. The maximum absolute atomic E-state index is 14.7. The van der Waals surface area contributed by atoms with E-state index in [-0.39, 0.29) is 34.6 Å². The van der Waals surface area contributed by atoms with E-state index in [4.69, 9.17) is 83.7 Å². The number of nitrogens with one attached hydrogen (secondary N) is 1. The van der Waals surface area contributed by atoms with Gasteiger partial charge in [-0.05, 0) is 232 Å². The highest BCUT2D eigenvalue weighted by Gasteiger charge is 2.32. The van der Waals surface area contributed by atoms with E-state index in [0.717, 1.165) is 127 Å². The van der Waals surface area contributed by atoms with Crippen LogP contribution in [0, 0.1) is 58.2 Å². The molecule has 5 heterocycles. The van der Waals surface area contributed by atoms with Crippen molar-refractivity contribution < 1.29 is 105 Å². The summed E-state index contributed by atoms with van der Waals surface area (Å²) in [5.74, 6) is -11.9. The van der Waals surface area contributed by atoms with E-state index in [2.05, 4.69) is 84.3 Å². The number of thiazole rings is 2. The van der Waals surface area contributed by atoms with Crippen LogP contribution in [-0.4, -0.2) is 65.4 Å². The van der Waals surface area contributed by atoms with Crippen molar-refractivity contribution in [2.75, 3.05) is 6.61 Å².